The summed E-state index contributed by atoms with van der Waals surface area (Å²) in [5.74, 6) is -0.0593. The fourth-order valence-electron chi connectivity index (χ4n) is 3.96. The van der Waals surface area contributed by atoms with Gasteiger partial charge in [-0.2, -0.15) is 0 Å². The predicted molar refractivity (Wildman–Crippen MR) is 116 cm³/mol. The van der Waals surface area contributed by atoms with Crippen molar-refractivity contribution >= 4 is 16.9 Å². The molecule has 1 aliphatic heterocycles. The third-order valence-electron chi connectivity index (χ3n) is 5.71. The summed E-state index contributed by atoms with van der Waals surface area (Å²) in [6.45, 7) is 5.12. The largest absolute Gasteiger partial charge is 0.379 e. The van der Waals surface area contributed by atoms with Crippen LogP contribution in [0.4, 0.5) is 0 Å². The van der Waals surface area contributed by atoms with Gasteiger partial charge in [0.25, 0.3) is 0 Å². The van der Waals surface area contributed by atoms with Crippen LogP contribution in [-0.2, 0) is 36.2 Å². The van der Waals surface area contributed by atoms with Gasteiger partial charge in [0.2, 0.25) is 5.91 Å². The van der Waals surface area contributed by atoms with Crippen molar-refractivity contribution in [3.05, 3.63) is 70.1 Å². The van der Waals surface area contributed by atoms with Gasteiger partial charge >= 0.3 is 5.69 Å². The molecule has 1 N–H and O–H groups in total. The zero-order valence-electron chi connectivity index (χ0n) is 17.3. The highest BCUT2D eigenvalue weighted by Gasteiger charge is 2.14. The second kappa shape index (κ2) is 9.28. The maximum absolute atomic E-state index is 12.5. The summed E-state index contributed by atoms with van der Waals surface area (Å²) in [4.78, 5) is 27.4. The van der Waals surface area contributed by atoms with Crippen LogP contribution in [0.25, 0.3) is 11.0 Å². The number of amides is 1. The van der Waals surface area contributed by atoms with Crippen molar-refractivity contribution in [3.63, 3.8) is 0 Å². The average molecular weight is 409 g/mol. The molecule has 0 aliphatic carbocycles. The van der Waals surface area contributed by atoms with Crippen molar-refractivity contribution in [2.45, 2.75) is 26.1 Å². The number of aromatic nitrogens is 2. The Morgan fingerprint density at radius 3 is 2.43 bits per heavy atom. The molecule has 0 radical (unpaired) electrons. The number of benzene rings is 2. The third kappa shape index (κ3) is 4.47. The van der Waals surface area contributed by atoms with E-state index in [1.165, 1.54) is 5.56 Å². The van der Waals surface area contributed by atoms with Gasteiger partial charge in [0.1, 0.15) is 0 Å². The lowest BCUT2D eigenvalue weighted by Crippen LogP contribution is -2.36. The van der Waals surface area contributed by atoms with Gasteiger partial charge in [0.15, 0.2) is 0 Å². The van der Waals surface area contributed by atoms with Crippen LogP contribution < -0.4 is 11.0 Å². The molecule has 0 unspecified atom stereocenters. The summed E-state index contributed by atoms with van der Waals surface area (Å²) in [5.41, 5.74) is 3.98. The Morgan fingerprint density at radius 1 is 1.00 bits per heavy atom. The van der Waals surface area contributed by atoms with E-state index >= 15 is 0 Å². The minimum absolute atomic E-state index is 0.0593. The molecule has 0 bridgehead atoms. The molecular weight excluding hydrogens is 380 g/mol. The van der Waals surface area contributed by atoms with Crippen LogP contribution in [0.3, 0.4) is 0 Å². The number of para-hydroxylation sites is 2. The van der Waals surface area contributed by atoms with E-state index in [0.717, 1.165) is 49.4 Å². The van der Waals surface area contributed by atoms with E-state index in [1.807, 2.05) is 36.4 Å². The average Bonchev–Trinajstić information content (AvgIpc) is 3.02. The first-order valence-corrected chi connectivity index (χ1v) is 10.4. The number of imidazole rings is 1. The Labute approximate surface area is 175 Å². The number of morpholine rings is 1. The highest BCUT2D eigenvalue weighted by atomic mass is 16.5. The van der Waals surface area contributed by atoms with Gasteiger partial charge in [0, 0.05) is 46.2 Å². The van der Waals surface area contributed by atoms with Crippen LogP contribution in [0.1, 0.15) is 17.5 Å². The SMILES string of the molecule is Cn1c(=O)n(CCC(=O)NCc2ccccc2CN2CCOCC2)c2ccccc21. The fourth-order valence-corrected chi connectivity index (χ4v) is 3.96. The lowest BCUT2D eigenvalue weighted by Gasteiger charge is -2.27. The van der Waals surface area contributed by atoms with Crippen LogP contribution in [0.5, 0.6) is 0 Å². The lowest BCUT2D eigenvalue weighted by molar-refractivity contribution is -0.121. The molecule has 1 aromatic heterocycles. The molecule has 0 spiro atoms. The minimum atomic E-state index is -0.0974. The van der Waals surface area contributed by atoms with Crippen LogP contribution in [0, 0.1) is 0 Å². The standard InChI is InChI=1S/C23H28N4O3/c1-25-20-8-4-5-9-21(20)27(23(25)29)11-10-22(28)24-16-18-6-2-3-7-19(18)17-26-12-14-30-15-13-26/h2-9H,10-17H2,1H3,(H,24,28). The quantitative estimate of drug-likeness (QED) is 0.648. The summed E-state index contributed by atoms with van der Waals surface area (Å²) in [7, 11) is 1.76. The zero-order valence-corrected chi connectivity index (χ0v) is 17.3. The number of hydrogen-bond acceptors (Lipinski definition) is 4. The molecule has 1 amide bonds. The zero-order chi connectivity index (χ0) is 20.9. The second-order valence-corrected chi connectivity index (χ2v) is 7.67. The summed E-state index contributed by atoms with van der Waals surface area (Å²) >= 11 is 0. The summed E-state index contributed by atoms with van der Waals surface area (Å²) in [6, 6.07) is 15.9. The maximum atomic E-state index is 12.5. The number of carbonyl (C=O) groups excluding carboxylic acids is 1. The molecule has 7 heteroatoms. The molecule has 7 nitrogen and oxygen atoms in total. The molecular formula is C23H28N4O3. The fraction of sp³-hybridized carbons (Fsp3) is 0.391. The van der Waals surface area contributed by atoms with Gasteiger partial charge < -0.3 is 10.1 Å². The molecule has 4 rings (SSSR count). The van der Waals surface area contributed by atoms with E-state index in [4.69, 9.17) is 4.74 Å². The van der Waals surface area contributed by atoms with Crippen molar-refractivity contribution in [2.75, 3.05) is 26.3 Å². The smallest absolute Gasteiger partial charge is 0.328 e. The molecule has 158 valence electrons. The van der Waals surface area contributed by atoms with Gasteiger partial charge in [-0.25, -0.2) is 4.79 Å². The van der Waals surface area contributed by atoms with Crippen molar-refractivity contribution in [2.24, 2.45) is 7.05 Å². The molecule has 2 aromatic carbocycles. The third-order valence-corrected chi connectivity index (χ3v) is 5.71. The minimum Gasteiger partial charge on any atom is -0.379 e. The molecule has 3 aromatic rings. The first kappa shape index (κ1) is 20.4. The molecule has 1 aliphatic rings. The number of ether oxygens (including phenoxy) is 1. The topological polar surface area (TPSA) is 68.5 Å². The number of aryl methyl sites for hydroxylation is 2. The number of nitrogens with zero attached hydrogens (tertiary/aromatic N) is 3. The van der Waals surface area contributed by atoms with Crippen LogP contribution in [-0.4, -0.2) is 46.2 Å². The first-order valence-electron chi connectivity index (χ1n) is 10.4. The molecule has 30 heavy (non-hydrogen) atoms. The van der Waals surface area contributed by atoms with Crippen LogP contribution >= 0.6 is 0 Å². The lowest BCUT2D eigenvalue weighted by atomic mass is 10.1. The molecule has 2 heterocycles. The molecule has 0 atom stereocenters. The first-order chi connectivity index (χ1) is 14.6. The maximum Gasteiger partial charge on any atom is 0.328 e. The van der Waals surface area contributed by atoms with Gasteiger partial charge in [-0.3, -0.25) is 18.8 Å². The van der Waals surface area contributed by atoms with Gasteiger partial charge in [0.05, 0.1) is 24.2 Å². The van der Waals surface area contributed by atoms with E-state index in [-0.39, 0.29) is 18.0 Å². The number of nitrogens with one attached hydrogen (secondary N) is 1. The summed E-state index contributed by atoms with van der Waals surface area (Å²) < 4.78 is 8.71. The van der Waals surface area contributed by atoms with Crippen molar-refractivity contribution in [3.8, 4) is 0 Å². The highest BCUT2D eigenvalue weighted by Crippen LogP contribution is 2.14. The van der Waals surface area contributed by atoms with E-state index < -0.39 is 0 Å². The normalized spacial score (nSPS) is 14.8. The van der Waals surface area contributed by atoms with Crippen molar-refractivity contribution in [1.29, 1.82) is 0 Å². The van der Waals surface area contributed by atoms with E-state index in [0.29, 0.717) is 13.1 Å². The Balaban J connectivity index is 1.36. The Morgan fingerprint density at radius 2 is 1.67 bits per heavy atom. The van der Waals surface area contributed by atoms with Crippen molar-refractivity contribution in [1.82, 2.24) is 19.4 Å². The van der Waals surface area contributed by atoms with Gasteiger partial charge in [-0.1, -0.05) is 36.4 Å². The number of fused-ring (bicyclic) bond motifs is 1. The number of carbonyl (C=O) groups is 1. The van der Waals surface area contributed by atoms with Gasteiger partial charge in [-0.15, -0.1) is 0 Å². The van der Waals surface area contributed by atoms with Crippen molar-refractivity contribution < 1.29 is 9.53 Å². The van der Waals surface area contributed by atoms with E-state index in [1.54, 1.807) is 16.2 Å². The Kier molecular flexibility index (Phi) is 6.30. The summed E-state index contributed by atoms with van der Waals surface area (Å²) in [6.07, 6.45) is 0.263. The van der Waals surface area contributed by atoms with Crippen LogP contribution in [0.15, 0.2) is 53.3 Å². The van der Waals surface area contributed by atoms with Crippen LogP contribution in [0.2, 0.25) is 0 Å². The molecule has 1 fully saturated rings. The Hall–Kier alpha value is -2.90. The highest BCUT2D eigenvalue weighted by molar-refractivity contribution is 5.78. The molecule has 0 saturated carbocycles. The molecule has 1 saturated heterocycles. The summed E-state index contributed by atoms with van der Waals surface area (Å²) in [5, 5.41) is 3.02. The Bertz CT molecular complexity index is 1080. The monoisotopic (exact) mass is 408 g/mol. The predicted octanol–water partition coefficient (Wildman–Crippen LogP) is 1.88. The van der Waals surface area contributed by atoms with E-state index in [2.05, 4.69) is 22.3 Å². The van der Waals surface area contributed by atoms with Gasteiger partial charge in [-0.05, 0) is 23.3 Å². The van der Waals surface area contributed by atoms with E-state index in [9.17, 15) is 9.59 Å². The number of hydrogen-bond donors (Lipinski definition) is 1. The second-order valence-electron chi connectivity index (χ2n) is 7.67. The number of rotatable bonds is 7.